The lowest BCUT2D eigenvalue weighted by Crippen LogP contribution is -2.41. The van der Waals surface area contributed by atoms with E-state index in [9.17, 15) is 4.79 Å². The van der Waals surface area contributed by atoms with Crippen molar-refractivity contribution in [1.29, 1.82) is 0 Å². The molecule has 1 atom stereocenters. The van der Waals surface area contributed by atoms with Crippen molar-refractivity contribution in [1.82, 2.24) is 10.6 Å². The molecule has 1 aromatic rings. The first-order valence-electron chi connectivity index (χ1n) is 6.28. The molecule has 1 aliphatic rings. The number of carbonyl (C=O) groups is 1. The summed E-state index contributed by atoms with van der Waals surface area (Å²) in [5.74, 6) is 1.66. The van der Waals surface area contributed by atoms with Gasteiger partial charge in [0.2, 0.25) is 0 Å². The Balaban J connectivity index is 1.81. The summed E-state index contributed by atoms with van der Waals surface area (Å²) in [5, 5.41) is 5.89. The van der Waals surface area contributed by atoms with Crippen LogP contribution >= 0.6 is 0 Å². The number of urea groups is 1. The van der Waals surface area contributed by atoms with Gasteiger partial charge in [0.05, 0.1) is 6.04 Å². The number of rotatable bonds is 3. The second-order valence-corrected chi connectivity index (χ2v) is 4.77. The molecule has 0 bridgehead atoms. The van der Waals surface area contributed by atoms with Crippen LogP contribution < -0.4 is 10.6 Å². The summed E-state index contributed by atoms with van der Waals surface area (Å²) in [6.07, 6.45) is 4.64. The highest BCUT2D eigenvalue weighted by atomic mass is 16.3. The lowest BCUT2D eigenvalue weighted by molar-refractivity contribution is 0.232. The number of hydrogen-bond acceptors (Lipinski definition) is 2. The number of nitrogens with one attached hydrogen (secondary N) is 2. The topological polar surface area (TPSA) is 54.3 Å². The van der Waals surface area contributed by atoms with E-state index in [0.29, 0.717) is 6.04 Å². The highest BCUT2D eigenvalue weighted by molar-refractivity contribution is 5.74. The SMILES string of the molecule is Cc1ccc(C(C)NC(=O)NC2CCCC2)o1. The van der Waals surface area contributed by atoms with Crippen LogP contribution in [0.2, 0.25) is 0 Å². The van der Waals surface area contributed by atoms with E-state index in [2.05, 4.69) is 10.6 Å². The van der Waals surface area contributed by atoms with E-state index >= 15 is 0 Å². The van der Waals surface area contributed by atoms with E-state index in [0.717, 1.165) is 24.4 Å². The Hall–Kier alpha value is -1.45. The molecule has 94 valence electrons. The van der Waals surface area contributed by atoms with Crippen molar-refractivity contribution in [2.45, 2.75) is 51.6 Å². The van der Waals surface area contributed by atoms with Crippen LogP contribution in [0.4, 0.5) is 4.79 Å². The average molecular weight is 236 g/mol. The van der Waals surface area contributed by atoms with Gasteiger partial charge in [0, 0.05) is 6.04 Å². The second kappa shape index (κ2) is 5.25. The number of hydrogen-bond donors (Lipinski definition) is 2. The Kier molecular flexibility index (Phi) is 3.71. The number of amides is 2. The second-order valence-electron chi connectivity index (χ2n) is 4.77. The van der Waals surface area contributed by atoms with E-state index in [-0.39, 0.29) is 12.1 Å². The van der Waals surface area contributed by atoms with Crippen LogP contribution in [-0.2, 0) is 0 Å². The van der Waals surface area contributed by atoms with Gasteiger partial charge < -0.3 is 15.1 Å². The minimum Gasteiger partial charge on any atom is -0.464 e. The van der Waals surface area contributed by atoms with Crippen LogP contribution in [0.5, 0.6) is 0 Å². The van der Waals surface area contributed by atoms with Crippen molar-refractivity contribution in [2.75, 3.05) is 0 Å². The van der Waals surface area contributed by atoms with Gasteiger partial charge in [-0.3, -0.25) is 0 Å². The third kappa shape index (κ3) is 3.25. The number of carbonyl (C=O) groups excluding carboxylic acids is 1. The van der Waals surface area contributed by atoms with Crippen molar-refractivity contribution in [3.63, 3.8) is 0 Å². The van der Waals surface area contributed by atoms with E-state index in [4.69, 9.17) is 4.42 Å². The third-order valence-corrected chi connectivity index (χ3v) is 3.23. The monoisotopic (exact) mass is 236 g/mol. The molecule has 0 spiro atoms. The van der Waals surface area contributed by atoms with Crippen molar-refractivity contribution in [2.24, 2.45) is 0 Å². The molecule has 1 heterocycles. The van der Waals surface area contributed by atoms with Crippen LogP contribution in [-0.4, -0.2) is 12.1 Å². The molecule has 17 heavy (non-hydrogen) atoms. The van der Waals surface area contributed by atoms with E-state index < -0.39 is 0 Å². The lowest BCUT2D eigenvalue weighted by atomic mass is 10.2. The zero-order valence-electron chi connectivity index (χ0n) is 10.5. The van der Waals surface area contributed by atoms with Gasteiger partial charge in [-0.1, -0.05) is 12.8 Å². The molecule has 0 saturated heterocycles. The molecule has 2 N–H and O–H groups in total. The van der Waals surface area contributed by atoms with Crippen LogP contribution in [0.15, 0.2) is 16.5 Å². The summed E-state index contributed by atoms with van der Waals surface area (Å²) in [6, 6.07) is 3.96. The fraction of sp³-hybridized carbons (Fsp3) is 0.615. The maximum atomic E-state index is 11.7. The Labute approximate surface area is 102 Å². The molecule has 2 rings (SSSR count). The Morgan fingerprint density at radius 3 is 2.71 bits per heavy atom. The van der Waals surface area contributed by atoms with Gasteiger partial charge in [-0.2, -0.15) is 0 Å². The molecule has 1 fully saturated rings. The first-order valence-corrected chi connectivity index (χ1v) is 6.28. The van der Waals surface area contributed by atoms with Crippen LogP contribution in [0, 0.1) is 6.92 Å². The Bertz CT molecular complexity index is 381. The van der Waals surface area contributed by atoms with E-state index in [1.165, 1.54) is 12.8 Å². The number of aryl methyl sites for hydroxylation is 1. The predicted octanol–water partition coefficient (Wildman–Crippen LogP) is 2.89. The smallest absolute Gasteiger partial charge is 0.315 e. The van der Waals surface area contributed by atoms with Gasteiger partial charge in [0.25, 0.3) is 0 Å². The number of furan rings is 1. The fourth-order valence-corrected chi connectivity index (χ4v) is 2.25. The summed E-state index contributed by atoms with van der Waals surface area (Å²) in [5.41, 5.74) is 0. The zero-order valence-corrected chi connectivity index (χ0v) is 10.5. The molecular weight excluding hydrogens is 216 g/mol. The highest BCUT2D eigenvalue weighted by Gasteiger charge is 2.18. The third-order valence-electron chi connectivity index (χ3n) is 3.23. The Morgan fingerprint density at radius 1 is 1.41 bits per heavy atom. The molecule has 4 nitrogen and oxygen atoms in total. The minimum absolute atomic E-state index is 0.0925. The van der Waals surface area contributed by atoms with Gasteiger partial charge in [-0.15, -0.1) is 0 Å². The summed E-state index contributed by atoms with van der Waals surface area (Å²) >= 11 is 0. The van der Waals surface area contributed by atoms with Crippen LogP contribution in [0.25, 0.3) is 0 Å². The maximum Gasteiger partial charge on any atom is 0.315 e. The van der Waals surface area contributed by atoms with E-state index in [1.54, 1.807) is 0 Å². The summed E-state index contributed by atoms with van der Waals surface area (Å²) in [4.78, 5) is 11.7. The molecular formula is C13H20N2O2. The highest BCUT2D eigenvalue weighted by Crippen LogP contribution is 2.18. The maximum absolute atomic E-state index is 11.7. The van der Waals surface area contributed by atoms with Gasteiger partial charge >= 0.3 is 6.03 Å². The first kappa shape index (κ1) is 12.0. The average Bonchev–Trinajstić information content (AvgIpc) is 2.89. The van der Waals surface area contributed by atoms with Gasteiger partial charge in [-0.25, -0.2) is 4.79 Å². The molecule has 0 radical (unpaired) electrons. The standard InChI is InChI=1S/C13H20N2O2/c1-9-7-8-12(17-9)10(2)14-13(16)15-11-5-3-4-6-11/h7-8,10-11H,3-6H2,1-2H3,(H2,14,15,16). The molecule has 0 aliphatic heterocycles. The molecule has 2 amide bonds. The molecule has 1 aromatic heterocycles. The quantitative estimate of drug-likeness (QED) is 0.847. The van der Waals surface area contributed by atoms with Gasteiger partial charge in [-0.05, 0) is 38.8 Å². The molecule has 1 unspecified atom stereocenters. The van der Waals surface area contributed by atoms with Crippen molar-refractivity contribution >= 4 is 6.03 Å². The lowest BCUT2D eigenvalue weighted by Gasteiger charge is -2.16. The first-order chi connectivity index (χ1) is 8.15. The van der Waals surface area contributed by atoms with Crippen molar-refractivity contribution in [3.05, 3.63) is 23.7 Å². The van der Waals surface area contributed by atoms with Gasteiger partial charge in [0.15, 0.2) is 0 Å². The molecule has 1 aliphatic carbocycles. The van der Waals surface area contributed by atoms with Crippen LogP contribution in [0.1, 0.15) is 50.2 Å². The minimum atomic E-state index is -0.0987. The Morgan fingerprint density at radius 2 is 2.12 bits per heavy atom. The van der Waals surface area contributed by atoms with Crippen molar-refractivity contribution in [3.8, 4) is 0 Å². The summed E-state index contributed by atoms with van der Waals surface area (Å²) in [6.45, 7) is 3.82. The fourth-order valence-electron chi connectivity index (χ4n) is 2.25. The summed E-state index contributed by atoms with van der Waals surface area (Å²) < 4.78 is 5.47. The van der Waals surface area contributed by atoms with Gasteiger partial charge in [0.1, 0.15) is 11.5 Å². The predicted molar refractivity (Wildman–Crippen MR) is 65.8 cm³/mol. The largest absolute Gasteiger partial charge is 0.464 e. The van der Waals surface area contributed by atoms with Crippen molar-refractivity contribution < 1.29 is 9.21 Å². The molecule has 0 aromatic carbocycles. The molecule has 1 saturated carbocycles. The normalized spacial score (nSPS) is 18.0. The van der Waals surface area contributed by atoms with E-state index in [1.807, 2.05) is 26.0 Å². The zero-order chi connectivity index (χ0) is 12.3. The molecule has 4 heteroatoms. The van der Waals surface area contributed by atoms with Crippen LogP contribution in [0.3, 0.4) is 0 Å². The summed E-state index contributed by atoms with van der Waals surface area (Å²) in [7, 11) is 0.